The van der Waals surface area contributed by atoms with Gasteiger partial charge in [-0.3, -0.25) is 0 Å². The number of amides is 1. The lowest BCUT2D eigenvalue weighted by atomic mass is 10.2. The number of carbonyl (C=O) groups is 1. The van der Waals surface area contributed by atoms with Gasteiger partial charge in [0.25, 0.3) is 0 Å². The summed E-state index contributed by atoms with van der Waals surface area (Å²) in [6, 6.07) is 12.8. The molecule has 2 aromatic carbocycles. The molecule has 112 valence electrons. The van der Waals surface area contributed by atoms with Gasteiger partial charge in [-0.05, 0) is 17.7 Å². The van der Waals surface area contributed by atoms with Crippen molar-refractivity contribution < 1.29 is 19.0 Å². The van der Waals surface area contributed by atoms with Crippen molar-refractivity contribution in [2.75, 3.05) is 6.54 Å². The number of alkyl carbamates (subject to hydrolysis) is 1. The van der Waals surface area contributed by atoms with Crippen molar-refractivity contribution in [3.63, 3.8) is 0 Å². The summed E-state index contributed by atoms with van der Waals surface area (Å²) in [7, 11) is 0. The molecule has 0 spiro atoms. The topological polar surface area (TPSA) is 58.6 Å². The quantitative estimate of drug-likeness (QED) is 0.857. The second-order valence-corrected chi connectivity index (χ2v) is 4.42. The van der Waals surface area contributed by atoms with Crippen molar-refractivity contribution in [3.05, 3.63) is 65.5 Å². The molecule has 2 rings (SSSR count). The standard InChI is InChI=1S/C17H14FNO3/c18-15-9-14(10-16(20)11-15)7-4-8-19-17(21)22-12-13-5-2-1-3-6-13/h1-3,5-6,9-11,20H,8,12H2,(H,19,21). The number of halogens is 1. The second-order valence-electron chi connectivity index (χ2n) is 4.42. The second kappa shape index (κ2) is 7.70. The normalized spacial score (nSPS) is 9.50. The van der Waals surface area contributed by atoms with Gasteiger partial charge in [-0.25, -0.2) is 9.18 Å². The van der Waals surface area contributed by atoms with Crippen LogP contribution in [0.2, 0.25) is 0 Å². The molecule has 5 heteroatoms. The first-order valence-corrected chi connectivity index (χ1v) is 6.56. The van der Waals surface area contributed by atoms with Crippen LogP contribution >= 0.6 is 0 Å². The van der Waals surface area contributed by atoms with Gasteiger partial charge in [0.1, 0.15) is 18.2 Å². The van der Waals surface area contributed by atoms with Crippen molar-refractivity contribution in [2.45, 2.75) is 6.61 Å². The van der Waals surface area contributed by atoms with Gasteiger partial charge in [0.05, 0.1) is 6.54 Å². The third-order valence-electron chi connectivity index (χ3n) is 2.65. The molecular weight excluding hydrogens is 285 g/mol. The molecule has 0 aliphatic carbocycles. The van der Waals surface area contributed by atoms with Gasteiger partial charge in [0.15, 0.2) is 0 Å². The van der Waals surface area contributed by atoms with Crippen LogP contribution in [0.1, 0.15) is 11.1 Å². The van der Waals surface area contributed by atoms with Gasteiger partial charge >= 0.3 is 6.09 Å². The van der Waals surface area contributed by atoms with E-state index in [0.717, 1.165) is 11.6 Å². The molecule has 0 aromatic heterocycles. The summed E-state index contributed by atoms with van der Waals surface area (Å²) in [5.41, 5.74) is 1.22. The number of benzene rings is 2. The van der Waals surface area contributed by atoms with Gasteiger partial charge in [-0.15, -0.1) is 0 Å². The number of aromatic hydroxyl groups is 1. The molecule has 4 nitrogen and oxygen atoms in total. The fourth-order valence-corrected chi connectivity index (χ4v) is 1.68. The summed E-state index contributed by atoms with van der Waals surface area (Å²) in [5.74, 6) is 4.52. The molecule has 0 aliphatic rings. The maximum Gasteiger partial charge on any atom is 0.408 e. The Bertz CT molecular complexity index is 685. The van der Waals surface area contributed by atoms with Crippen LogP contribution in [0.25, 0.3) is 0 Å². The highest BCUT2D eigenvalue weighted by Gasteiger charge is 2.00. The van der Waals surface area contributed by atoms with Crippen LogP contribution in [0.15, 0.2) is 48.5 Å². The Labute approximate surface area is 127 Å². The number of hydrogen-bond donors (Lipinski definition) is 2. The average Bonchev–Trinajstić information content (AvgIpc) is 2.50. The van der Waals surface area contributed by atoms with E-state index in [1.54, 1.807) is 0 Å². The van der Waals surface area contributed by atoms with Gasteiger partial charge in [-0.2, -0.15) is 0 Å². The highest BCUT2D eigenvalue weighted by Crippen LogP contribution is 2.13. The lowest BCUT2D eigenvalue weighted by molar-refractivity contribution is 0.141. The van der Waals surface area contributed by atoms with Gasteiger partial charge in [-0.1, -0.05) is 42.2 Å². The first kappa shape index (κ1) is 15.4. The van der Waals surface area contributed by atoms with Crippen molar-refractivity contribution in [2.24, 2.45) is 0 Å². The molecule has 0 saturated carbocycles. The van der Waals surface area contributed by atoms with Crippen LogP contribution < -0.4 is 5.32 Å². The Hall–Kier alpha value is -3.00. The first-order chi connectivity index (χ1) is 10.6. The minimum absolute atomic E-state index is 0.0604. The zero-order valence-electron chi connectivity index (χ0n) is 11.7. The molecule has 0 saturated heterocycles. The van der Waals surface area contributed by atoms with Crippen LogP contribution in [0.4, 0.5) is 9.18 Å². The molecule has 0 heterocycles. The zero-order valence-corrected chi connectivity index (χ0v) is 11.7. The summed E-state index contributed by atoms with van der Waals surface area (Å²) >= 11 is 0. The zero-order chi connectivity index (χ0) is 15.8. The molecule has 0 unspecified atom stereocenters. The largest absolute Gasteiger partial charge is 0.508 e. The van der Waals surface area contributed by atoms with Crippen molar-refractivity contribution in [1.82, 2.24) is 5.32 Å². The molecule has 0 bridgehead atoms. The van der Waals surface area contributed by atoms with Gasteiger partial charge < -0.3 is 15.2 Å². The number of carbonyl (C=O) groups excluding carboxylic acids is 1. The average molecular weight is 299 g/mol. The van der Waals surface area contributed by atoms with Crippen LogP contribution in [0, 0.1) is 17.7 Å². The number of nitrogens with one attached hydrogen (secondary N) is 1. The Morgan fingerprint density at radius 3 is 2.73 bits per heavy atom. The SMILES string of the molecule is O=C(NCC#Cc1cc(O)cc(F)c1)OCc1ccccc1. The number of hydrogen-bond acceptors (Lipinski definition) is 3. The Morgan fingerprint density at radius 2 is 2.00 bits per heavy atom. The van der Waals surface area contributed by atoms with Crippen LogP contribution in [0.3, 0.4) is 0 Å². The fraction of sp³-hybridized carbons (Fsp3) is 0.118. The van der Waals surface area contributed by atoms with Crippen molar-refractivity contribution in [1.29, 1.82) is 0 Å². The molecule has 0 aliphatic heterocycles. The molecule has 0 atom stereocenters. The molecule has 2 aromatic rings. The number of phenolic OH excluding ortho intramolecular Hbond substituents is 1. The van der Waals surface area contributed by atoms with Crippen LogP contribution in [0.5, 0.6) is 5.75 Å². The summed E-state index contributed by atoms with van der Waals surface area (Å²) in [4.78, 5) is 11.4. The number of ether oxygens (including phenoxy) is 1. The molecule has 0 radical (unpaired) electrons. The van der Waals surface area contributed by atoms with Gasteiger partial charge in [0, 0.05) is 11.6 Å². The van der Waals surface area contributed by atoms with E-state index in [4.69, 9.17) is 4.74 Å². The smallest absolute Gasteiger partial charge is 0.408 e. The first-order valence-electron chi connectivity index (χ1n) is 6.56. The summed E-state index contributed by atoms with van der Waals surface area (Å²) in [6.07, 6.45) is -0.583. The molecular formula is C17H14FNO3. The summed E-state index contributed by atoms with van der Waals surface area (Å²) in [6.45, 7) is 0.239. The van der Waals surface area contributed by atoms with Crippen molar-refractivity contribution >= 4 is 6.09 Å². The molecule has 0 fully saturated rings. The van der Waals surface area contributed by atoms with E-state index < -0.39 is 11.9 Å². The minimum atomic E-state index is -0.583. The molecule has 2 N–H and O–H groups in total. The minimum Gasteiger partial charge on any atom is -0.508 e. The maximum absolute atomic E-state index is 13.0. The van der Waals surface area contributed by atoms with Crippen molar-refractivity contribution in [3.8, 4) is 17.6 Å². The predicted molar refractivity (Wildman–Crippen MR) is 79.6 cm³/mol. The summed E-state index contributed by atoms with van der Waals surface area (Å²) < 4.78 is 18.0. The number of rotatable bonds is 3. The van der Waals surface area contributed by atoms with Gasteiger partial charge in [0.2, 0.25) is 0 Å². The molecule has 1 amide bonds. The van der Waals surface area contributed by atoms with E-state index in [0.29, 0.717) is 5.56 Å². The van der Waals surface area contributed by atoms with Crippen LogP contribution in [-0.2, 0) is 11.3 Å². The van der Waals surface area contributed by atoms with E-state index >= 15 is 0 Å². The number of phenols is 1. The Morgan fingerprint density at radius 1 is 1.23 bits per heavy atom. The van der Waals surface area contributed by atoms with E-state index in [9.17, 15) is 14.3 Å². The third-order valence-corrected chi connectivity index (χ3v) is 2.65. The van der Waals surface area contributed by atoms with E-state index in [1.807, 2.05) is 30.3 Å². The maximum atomic E-state index is 13.0. The fourth-order valence-electron chi connectivity index (χ4n) is 1.68. The van der Waals surface area contributed by atoms with E-state index in [1.165, 1.54) is 12.1 Å². The lowest BCUT2D eigenvalue weighted by Gasteiger charge is -2.04. The molecule has 22 heavy (non-hydrogen) atoms. The predicted octanol–water partition coefficient (Wildman–Crippen LogP) is 2.81. The van der Waals surface area contributed by atoms with E-state index in [-0.39, 0.29) is 18.9 Å². The summed E-state index contributed by atoms with van der Waals surface area (Å²) in [5, 5.41) is 11.7. The Balaban J connectivity index is 1.76. The third kappa shape index (κ3) is 5.17. The lowest BCUT2D eigenvalue weighted by Crippen LogP contribution is -2.24. The monoisotopic (exact) mass is 299 g/mol. The Kier molecular flexibility index (Phi) is 5.38. The highest BCUT2D eigenvalue weighted by atomic mass is 19.1. The highest BCUT2D eigenvalue weighted by molar-refractivity contribution is 5.67. The van der Waals surface area contributed by atoms with E-state index in [2.05, 4.69) is 17.2 Å². The van der Waals surface area contributed by atoms with Crippen LogP contribution in [-0.4, -0.2) is 17.7 Å².